The zero-order valence-electron chi connectivity index (χ0n) is 13.1. The van der Waals surface area contributed by atoms with Crippen LogP contribution in [-0.4, -0.2) is 21.2 Å². The Kier molecular flexibility index (Phi) is 5.53. The van der Waals surface area contributed by atoms with E-state index in [2.05, 4.69) is 41.4 Å². The Morgan fingerprint density at radius 3 is 2.56 bits per heavy atom. The third kappa shape index (κ3) is 5.25. The summed E-state index contributed by atoms with van der Waals surface area (Å²) in [5.41, 5.74) is 7.50. The van der Waals surface area contributed by atoms with E-state index in [1.807, 2.05) is 54.6 Å². The second-order valence-corrected chi connectivity index (χ2v) is 5.90. The Morgan fingerprint density at radius 2 is 1.80 bits per heavy atom. The van der Waals surface area contributed by atoms with E-state index in [-0.39, 0.29) is 12.6 Å². The van der Waals surface area contributed by atoms with Crippen molar-refractivity contribution >= 4 is 39.7 Å². The van der Waals surface area contributed by atoms with E-state index in [4.69, 9.17) is 10.6 Å². The molecule has 0 aliphatic rings. The molecule has 2 aromatic carbocycles. The van der Waals surface area contributed by atoms with Crippen LogP contribution in [0.1, 0.15) is 11.4 Å². The molecule has 0 atom stereocenters. The van der Waals surface area contributed by atoms with Gasteiger partial charge in [0.1, 0.15) is 0 Å². The van der Waals surface area contributed by atoms with Gasteiger partial charge in [0.15, 0.2) is 12.4 Å². The van der Waals surface area contributed by atoms with Crippen molar-refractivity contribution in [3.63, 3.8) is 0 Å². The van der Waals surface area contributed by atoms with E-state index in [0.717, 1.165) is 15.7 Å². The number of hydrogen-bond acceptors (Lipinski definition) is 7. The lowest BCUT2D eigenvalue weighted by Gasteiger charge is -2.06. The van der Waals surface area contributed by atoms with Gasteiger partial charge in [-0.15, -0.1) is 0 Å². The standard InChI is InChI=1S/C17H15BrN6O/c18-13-8-6-12(7-9-13)10-20-25-11-15-22-16(19)24-17(23-15)21-14-4-2-1-3-5-14/h1-10H,11H2,(H3,19,21,22,23,24)/b20-10-. The molecule has 0 fully saturated rings. The second kappa shape index (κ2) is 8.20. The molecule has 0 spiro atoms. The number of rotatable bonds is 6. The maximum absolute atomic E-state index is 5.72. The summed E-state index contributed by atoms with van der Waals surface area (Å²) in [5, 5.41) is 6.97. The fraction of sp³-hybridized carbons (Fsp3) is 0.0588. The van der Waals surface area contributed by atoms with Crippen molar-refractivity contribution in [3.8, 4) is 0 Å². The number of nitrogens with zero attached hydrogens (tertiary/aromatic N) is 4. The molecule has 0 bridgehead atoms. The molecule has 0 amide bonds. The molecule has 25 heavy (non-hydrogen) atoms. The van der Waals surface area contributed by atoms with Crippen LogP contribution in [0.2, 0.25) is 0 Å². The summed E-state index contributed by atoms with van der Waals surface area (Å²) < 4.78 is 1.00. The highest BCUT2D eigenvalue weighted by atomic mass is 79.9. The summed E-state index contributed by atoms with van der Waals surface area (Å²) in [6.07, 6.45) is 1.61. The van der Waals surface area contributed by atoms with Crippen molar-refractivity contribution in [1.82, 2.24) is 15.0 Å². The number of nitrogens with one attached hydrogen (secondary N) is 1. The van der Waals surface area contributed by atoms with Crippen molar-refractivity contribution < 1.29 is 4.84 Å². The van der Waals surface area contributed by atoms with Gasteiger partial charge in [-0.25, -0.2) is 0 Å². The van der Waals surface area contributed by atoms with E-state index in [0.29, 0.717) is 11.8 Å². The lowest BCUT2D eigenvalue weighted by atomic mass is 10.2. The van der Waals surface area contributed by atoms with Crippen LogP contribution in [0.4, 0.5) is 17.6 Å². The van der Waals surface area contributed by atoms with Gasteiger partial charge in [-0.2, -0.15) is 15.0 Å². The molecule has 0 radical (unpaired) electrons. The van der Waals surface area contributed by atoms with Crippen LogP contribution in [0.3, 0.4) is 0 Å². The molecule has 126 valence electrons. The first-order chi connectivity index (χ1) is 12.2. The van der Waals surface area contributed by atoms with E-state index in [1.54, 1.807) is 6.21 Å². The summed E-state index contributed by atoms with van der Waals surface area (Å²) in [6.45, 7) is 0.0865. The summed E-state index contributed by atoms with van der Waals surface area (Å²) >= 11 is 3.38. The number of anilines is 3. The fourth-order valence-corrected chi connectivity index (χ4v) is 2.22. The van der Waals surface area contributed by atoms with Crippen LogP contribution in [0.5, 0.6) is 0 Å². The predicted molar refractivity (Wildman–Crippen MR) is 100 cm³/mol. The molecule has 3 rings (SSSR count). The van der Waals surface area contributed by atoms with E-state index >= 15 is 0 Å². The number of nitrogens with two attached hydrogens (primary N) is 1. The third-order valence-electron chi connectivity index (χ3n) is 3.07. The molecule has 0 unspecified atom stereocenters. The Morgan fingerprint density at radius 1 is 1.04 bits per heavy atom. The van der Waals surface area contributed by atoms with Gasteiger partial charge < -0.3 is 15.9 Å². The number of nitrogen functional groups attached to an aromatic ring is 1. The second-order valence-electron chi connectivity index (χ2n) is 4.98. The van der Waals surface area contributed by atoms with Gasteiger partial charge in [0.25, 0.3) is 0 Å². The highest BCUT2D eigenvalue weighted by Crippen LogP contribution is 2.13. The maximum atomic E-state index is 5.72. The van der Waals surface area contributed by atoms with Crippen molar-refractivity contribution in [3.05, 3.63) is 70.5 Å². The minimum atomic E-state index is 0.0865. The first-order valence-electron chi connectivity index (χ1n) is 7.42. The number of oxime groups is 1. The Balaban J connectivity index is 1.61. The minimum absolute atomic E-state index is 0.0865. The Labute approximate surface area is 153 Å². The smallest absolute Gasteiger partial charge is 0.232 e. The molecule has 0 aliphatic heterocycles. The monoisotopic (exact) mass is 398 g/mol. The summed E-state index contributed by atoms with van der Waals surface area (Å²) in [6, 6.07) is 17.2. The van der Waals surface area contributed by atoms with Gasteiger partial charge in [0.2, 0.25) is 11.9 Å². The average molecular weight is 399 g/mol. The molecule has 0 aliphatic carbocycles. The largest absolute Gasteiger partial charge is 0.388 e. The Bertz CT molecular complexity index is 855. The average Bonchev–Trinajstić information content (AvgIpc) is 2.61. The molecule has 1 heterocycles. The van der Waals surface area contributed by atoms with E-state index < -0.39 is 0 Å². The zero-order chi connectivity index (χ0) is 17.5. The van der Waals surface area contributed by atoms with Gasteiger partial charge in [-0.3, -0.25) is 0 Å². The van der Waals surface area contributed by atoms with Gasteiger partial charge in [0, 0.05) is 10.2 Å². The topological polar surface area (TPSA) is 98.3 Å². The summed E-state index contributed by atoms with van der Waals surface area (Å²) in [7, 11) is 0. The first kappa shape index (κ1) is 16.8. The predicted octanol–water partition coefficient (Wildman–Crippen LogP) is 3.51. The van der Waals surface area contributed by atoms with Gasteiger partial charge in [0.05, 0.1) is 6.21 Å². The van der Waals surface area contributed by atoms with Crippen molar-refractivity contribution in [2.75, 3.05) is 11.1 Å². The van der Waals surface area contributed by atoms with Crippen LogP contribution in [0.15, 0.2) is 64.2 Å². The molecule has 0 saturated carbocycles. The zero-order valence-corrected chi connectivity index (χ0v) is 14.7. The van der Waals surface area contributed by atoms with Crippen molar-refractivity contribution in [2.24, 2.45) is 5.16 Å². The number of hydrogen-bond donors (Lipinski definition) is 2. The molecular formula is C17H15BrN6O. The Hall–Kier alpha value is -3.00. The number of halogens is 1. The molecule has 0 saturated heterocycles. The van der Waals surface area contributed by atoms with Crippen LogP contribution in [-0.2, 0) is 11.4 Å². The summed E-state index contributed by atoms with van der Waals surface area (Å²) in [5.74, 6) is 0.858. The van der Waals surface area contributed by atoms with Crippen molar-refractivity contribution in [1.29, 1.82) is 0 Å². The van der Waals surface area contributed by atoms with Gasteiger partial charge in [-0.05, 0) is 29.8 Å². The lowest BCUT2D eigenvalue weighted by molar-refractivity contribution is 0.126. The van der Waals surface area contributed by atoms with Crippen LogP contribution in [0, 0.1) is 0 Å². The van der Waals surface area contributed by atoms with Gasteiger partial charge in [-0.1, -0.05) is 51.4 Å². The molecule has 3 aromatic rings. The van der Waals surface area contributed by atoms with Crippen LogP contribution in [0.25, 0.3) is 0 Å². The minimum Gasteiger partial charge on any atom is -0.388 e. The quantitative estimate of drug-likeness (QED) is 0.486. The molecule has 1 aromatic heterocycles. The maximum Gasteiger partial charge on any atom is 0.232 e. The van der Waals surface area contributed by atoms with E-state index in [1.165, 1.54) is 0 Å². The SMILES string of the molecule is Nc1nc(CO/N=C\c2ccc(Br)cc2)nc(Nc2ccccc2)n1. The molecule has 3 N–H and O–H groups in total. The normalized spacial score (nSPS) is 10.8. The van der Waals surface area contributed by atoms with Crippen LogP contribution < -0.4 is 11.1 Å². The van der Waals surface area contributed by atoms with Crippen LogP contribution >= 0.6 is 15.9 Å². The molecule has 7 nitrogen and oxygen atoms in total. The number of benzene rings is 2. The number of para-hydroxylation sites is 1. The highest BCUT2D eigenvalue weighted by Gasteiger charge is 2.05. The lowest BCUT2D eigenvalue weighted by Crippen LogP contribution is -2.07. The van der Waals surface area contributed by atoms with E-state index in [9.17, 15) is 0 Å². The highest BCUT2D eigenvalue weighted by molar-refractivity contribution is 9.10. The third-order valence-corrected chi connectivity index (χ3v) is 3.60. The molecular weight excluding hydrogens is 384 g/mol. The number of aromatic nitrogens is 3. The van der Waals surface area contributed by atoms with Gasteiger partial charge >= 0.3 is 0 Å². The summed E-state index contributed by atoms with van der Waals surface area (Å²) in [4.78, 5) is 17.6. The van der Waals surface area contributed by atoms with Crippen molar-refractivity contribution in [2.45, 2.75) is 6.61 Å². The molecule has 8 heteroatoms. The first-order valence-corrected chi connectivity index (χ1v) is 8.22. The fourth-order valence-electron chi connectivity index (χ4n) is 1.95.